The van der Waals surface area contributed by atoms with Crippen LogP contribution in [-0.2, 0) is 9.47 Å². The van der Waals surface area contributed by atoms with Gasteiger partial charge in [0.15, 0.2) is 11.6 Å². The van der Waals surface area contributed by atoms with Crippen molar-refractivity contribution in [1.29, 1.82) is 0 Å². The number of ether oxygens (including phenoxy) is 2. The molecule has 0 bridgehead atoms. The lowest BCUT2D eigenvalue weighted by atomic mass is 10.1. The Morgan fingerprint density at radius 3 is 2.64 bits per heavy atom. The Balaban J connectivity index is 1.29. The molecule has 1 aliphatic rings. The first-order chi connectivity index (χ1) is 18.9. The SMILES string of the molecule is CC1(C)OCC(CNc2cc(C(=O)Nc3ccccc3-c3nc4cccnc4s3)nc(-c3ccccc3)n2)O1. The first-order valence-electron chi connectivity index (χ1n) is 12.6. The van der Waals surface area contributed by atoms with E-state index in [1.54, 1.807) is 12.3 Å². The summed E-state index contributed by atoms with van der Waals surface area (Å²) in [6, 6.07) is 22.6. The van der Waals surface area contributed by atoms with Gasteiger partial charge in [-0.25, -0.2) is 19.9 Å². The van der Waals surface area contributed by atoms with Gasteiger partial charge in [-0.1, -0.05) is 53.8 Å². The first kappa shape index (κ1) is 25.1. The topological polar surface area (TPSA) is 111 Å². The maximum Gasteiger partial charge on any atom is 0.274 e. The Morgan fingerprint density at radius 2 is 1.85 bits per heavy atom. The third-order valence-electron chi connectivity index (χ3n) is 6.14. The van der Waals surface area contributed by atoms with Gasteiger partial charge in [-0.2, -0.15) is 0 Å². The fourth-order valence-electron chi connectivity index (χ4n) is 4.30. The van der Waals surface area contributed by atoms with Gasteiger partial charge in [-0.05, 0) is 38.1 Å². The number of benzene rings is 2. The van der Waals surface area contributed by atoms with Crippen LogP contribution in [0.3, 0.4) is 0 Å². The number of amides is 1. The van der Waals surface area contributed by atoms with Gasteiger partial charge in [0.1, 0.15) is 33.0 Å². The molecule has 1 unspecified atom stereocenters. The van der Waals surface area contributed by atoms with Crippen molar-refractivity contribution in [3.63, 3.8) is 0 Å². The highest BCUT2D eigenvalue weighted by molar-refractivity contribution is 7.21. The Hall–Kier alpha value is -4.25. The van der Waals surface area contributed by atoms with Crippen molar-refractivity contribution in [3.8, 4) is 22.0 Å². The second kappa shape index (κ2) is 10.5. The maximum atomic E-state index is 13.5. The van der Waals surface area contributed by atoms with Gasteiger partial charge in [-0.3, -0.25) is 4.79 Å². The average molecular weight is 539 g/mol. The Labute approximate surface area is 229 Å². The van der Waals surface area contributed by atoms with E-state index < -0.39 is 5.79 Å². The molecule has 1 atom stereocenters. The lowest BCUT2D eigenvalue weighted by Gasteiger charge is -2.17. The molecular weight excluding hydrogens is 512 g/mol. The summed E-state index contributed by atoms with van der Waals surface area (Å²) in [6.07, 6.45) is 1.61. The van der Waals surface area contributed by atoms with Crippen LogP contribution in [0.25, 0.3) is 32.3 Å². The molecule has 9 nitrogen and oxygen atoms in total. The minimum absolute atomic E-state index is 0.136. The van der Waals surface area contributed by atoms with Crippen molar-refractivity contribution < 1.29 is 14.3 Å². The summed E-state index contributed by atoms with van der Waals surface area (Å²) in [5.41, 5.74) is 3.30. The number of nitrogens with zero attached hydrogens (tertiary/aromatic N) is 4. The molecule has 6 rings (SSSR count). The first-order valence-corrected chi connectivity index (χ1v) is 13.4. The molecular formula is C29H26N6O3S. The van der Waals surface area contributed by atoms with E-state index in [9.17, 15) is 4.79 Å². The standard InChI is InChI=1S/C29H26N6O3S/c1-29(2)37-17-19(38-29)16-31-24-15-23(32-25(35-24)18-9-4-3-5-10-18)26(36)33-21-12-7-6-11-20(21)27-34-22-13-8-14-30-28(22)39-27/h3-15,19H,16-17H2,1-2H3,(H,33,36)(H,31,32,35). The van der Waals surface area contributed by atoms with Crippen LogP contribution in [0.15, 0.2) is 79.0 Å². The van der Waals surface area contributed by atoms with Gasteiger partial charge in [0, 0.05) is 29.9 Å². The smallest absolute Gasteiger partial charge is 0.274 e. The lowest BCUT2D eigenvalue weighted by Crippen LogP contribution is -2.26. The van der Waals surface area contributed by atoms with Crippen molar-refractivity contribution in [2.45, 2.75) is 25.7 Å². The average Bonchev–Trinajstić information content (AvgIpc) is 3.55. The molecule has 1 fully saturated rings. The Kier molecular flexibility index (Phi) is 6.74. The van der Waals surface area contributed by atoms with Crippen molar-refractivity contribution in [2.24, 2.45) is 0 Å². The number of carbonyl (C=O) groups is 1. The molecule has 39 heavy (non-hydrogen) atoms. The molecule has 2 aromatic carbocycles. The fourth-order valence-corrected chi connectivity index (χ4v) is 5.25. The summed E-state index contributed by atoms with van der Waals surface area (Å²) in [6.45, 7) is 4.72. The molecule has 0 aliphatic carbocycles. The number of hydrogen-bond donors (Lipinski definition) is 2. The quantitative estimate of drug-likeness (QED) is 0.274. The zero-order valence-electron chi connectivity index (χ0n) is 21.4. The number of para-hydroxylation sites is 1. The van der Waals surface area contributed by atoms with Crippen molar-refractivity contribution in [3.05, 3.63) is 84.7 Å². The second-order valence-electron chi connectivity index (χ2n) is 9.51. The lowest BCUT2D eigenvalue weighted by molar-refractivity contribution is -0.136. The summed E-state index contributed by atoms with van der Waals surface area (Å²) in [5.74, 6) is -0.00992. The molecule has 0 spiro atoms. The molecule has 196 valence electrons. The zero-order chi connectivity index (χ0) is 26.8. The van der Waals surface area contributed by atoms with E-state index in [1.165, 1.54) is 11.3 Å². The predicted molar refractivity (Wildman–Crippen MR) is 152 cm³/mol. The molecule has 1 aliphatic heterocycles. The summed E-state index contributed by atoms with van der Waals surface area (Å²) in [4.78, 5) is 32.8. The van der Waals surface area contributed by atoms with E-state index in [0.717, 1.165) is 26.5 Å². The molecule has 2 N–H and O–H groups in total. The molecule has 4 heterocycles. The van der Waals surface area contributed by atoms with E-state index in [0.29, 0.717) is 30.5 Å². The summed E-state index contributed by atoms with van der Waals surface area (Å²) >= 11 is 1.48. The van der Waals surface area contributed by atoms with Crippen molar-refractivity contribution in [1.82, 2.24) is 19.9 Å². The molecule has 3 aromatic heterocycles. The van der Waals surface area contributed by atoms with Gasteiger partial charge in [0.2, 0.25) is 0 Å². The Morgan fingerprint density at radius 1 is 1.03 bits per heavy atom. The number of fused-ring (bicyclic) bond motifs is 1. The van der Waals surface area contributed by atoms with E-state index in [4.69, 9.17) is 14.5 Å². The third-order valence-corrected chi connectivity index (χ3v) is 7.15. The van der Waals surface area contributed by atoms with Crippen molar-refractivity contribution in [2.75, 3.05) is 23.8 Å². The fraction of sp³-hybridized carbons (Fsp3) is 0.207. The minimum Gasteiger partial charge on any atom is -0.367 e. The third kappa shape index (κ3) is 5.63. The van der Waals surface area contributed by atoms with E-state index in [-0.39, 0.29) is 17.7 Å². The molecule has 1 saturated heterocycles. The molecule has 0 saturated carbocycles. The number of anilines is 2. The number of nitrogens with one attached hydrogen (secondary N) is 2. The van der Waals surface area contributed by atoms with Crippen LogP contribution in [0.2, 0.25) is 0 Å². The van der Waals surface area contributed by atoms with Gasteiger partial charge in [-0.15, -0.1) is 0 Å². The molecule has 1 amide bonds. The van der Waals surface area contributed by atoms with Crippen molar-refractivity contribution >= 4 is 39.1 Å². The number of rotatable bonds is 7. The summed E-state index contributed by atoms with van der Waals surface area (Å²) < 4.78 is 11.6. The second-order valence-corrected chi connectivity index (χ2v) is 10.5. The monoisotopic (exact) mass is 538 g/mol. The van der Waals surface area contributed by atoms with Crippen LogP contribution in [-0.4, -0.2) is 50.9 Å². The normalized spacial score (nSPS) is 16.3. The highest BCUT2D eigenvalue weighted by Gasteiger charge is 2.32. The van der Waals surface area contributed by atoms with Gasteiger partial charge >= 0.3 is 0 Å². The number of pyridine rings is 1. The number of thiazole rings is 1. The van der Waals surface area contributed by atoms with E-state index in [1.807, 2.05) is 80.6 Å². The van der Waals surface area contributed by atoms with E-state index >= 15 is 0 Å². The zero-order valence-corrected chi connectivity index (χ0v) is 22.2. The van der Waals surface area contributed by atoms with Crippen LogP contribution < -0.4 is 10.6 Å². The van der Waals surface area contributed by atoms with Gasteiger partial charge in [0.05, 0.1) is 12.3 Å². The largest absolute Gasteiger partial charge is 0.367 e. The highest BCUT2D eigenvalue weighted by atomic mass is 32.1. The van der Waals surface area contributed by atoms with Crippen LogP contribution in [0, 0.1) is 0 Å². The van der Waals surface area contributed by atoms with Crippen LogP contribution in [0.1, 0.15) is 24.3 Å². The molecule has 10 heteroatoms. The minimum atomic E-state index is -0.620. The summed E-state index contributed by atoms with van der Waals surface area (Å²) in [5, 5.41) is 7.10. The van der Waals surface area contributed by atoms with Crippen LogP contribution >= 0.6 is 11.3 Å². The van der Waals surface area contributed by atoms with Crippen LogP contribution in [0.5, 0.6) is 0 Å². The number of carbonyl (C=O) groups excluding carboxylic acids is 1. The number of aromatic nitrogens is 4. The van der Waals surface area contributed by atoms with E-state index in [2.05, 4.69) is 25.6 Å². The summed E-state index contributed by atoms with van der Waals surface area (Å²) in [7, 11) is 0. The predicted octanol–water partition coefficient (Wildman–Crippen LogP) is 5.63. The number of hydrogen-bond acceptors (Lipinski definition) is 9. The van der Waals surface area contributed by atoms with Crippen LogP contribution in [0.4, 0.5) is 11.5 Å². The van der Waals surface area contributed by atoms with Gasteiger partial charge < -0.3 is 20.1 Å². The highest BCUT2D eigenvalue weighted by Crippen LogP contribution is 2.34. The molecule has 0 radical (unpaired) electrons. The maximum absolute atomic E-state index is 13.5. The molecule has 5 aromatic rings. The van der Waals surface area contributed by atoms with Gasteiger partial charge in [0.25, 0.3) is 5.91 Å². The Bertz CT molecular complexity index is 1610.